The van der Waals surface area contributed by atoms with Gasteiger partial charge < -0.3 is 15.0 Å². The largest absolute Gasteiger partial charge is 0.379 e. The molecular weight excluding hydrogens is 366 g/mol. The minimum Gasteiger partial charge on any atom is -0.379 e. The number of anilines is 2. The van der Waals surface area contributed by atoms with E-state index in [0.29, 0.717) is 32.0 Å². The summed E-state index contributed by atoms with van der Waals surface area (Å²) in [5.41, 5.74) is 1.85. The Kier molecular flexibility index (Phi) is 6.73. The zero-order chi connectivity index (χ0) is 19.3. The van der Waals surface area contributed by atoms with Crippen LogP contribution in [0.5, 0.6) is 0 Å². The van der Waals surface area contributed by atoms with Gasteiger partial charge in [0, 0.05) is 44.0 Å². The molecule has 150 valence electrons. The van der Waals surface area contributed by atoms with Gasteiger partial charge in [-0.1, -0.05) is 6.92 Å². The number of nitrogens with zero attached hydrogens (tertiary/aromatic N) is 2. The van der Waals surface area contributed by atoms with Gasteiger partial charge in [-0.15, -0.1) is 0 Å². The van der Waals surface area contributed by atoms with Gasteiger partial charge in [0.05, 0.1) is 19.0 Å². The highest BCUT2D eigenvalue weighted by Gasteiger charge is 2.25. The SMILES string of the molecule is CC1CCN(c2ccc(NC(=O)CCS(=O)(=O)N3CCOCC3)cc2)CC1. The monoisotopic (exact) mass is 395 g/mol. The molecule has 2 aliphatic heterocycles. The number of morpholine rings is 1. The molecule has 0 saturated carbocycles. The van der Waals surface area contributed by atoms with Gasteiger partial charge in [0.25, 0.3) is 0 Å². The number of rotatable bonds is 6. The summed E-state index contributed by atoms with van der Waals surface area (Å²) in [5.74, 6) is 0.322. The minimum absolute atomic E-state index is 0.0501. The van der Waals surface area contributed by atoms with E-state index in [1.807, 2.05) is 24.3 Å². The van der Waals surface area contributed by atoms with Gasteiger partial charge >= 0.3 is 0 Å². The third kappa shape index (κ3) is 5.67. The van der Waals surface area contributed by atoms with Crippen LogP contribution < -0.4 is 10.2 Å². The number of carbonyl (C=O) groups excluding carboxylic acids is 1. The molecule has 8 heteroatoms. The van der Waals surface area contributed by atoms with Gasteiger partial charge in [0.2, 0.25) is 15.9 Å². The number of nitrogens with one attached hydrogen (secondary N) is 1. The first-order valence-corrected chi connectivity index (χ1v) is 11.3. The number of piperidine rings is 1. The average molecular weight is 396 g/mol. The Labute approximate surface area is 161 Å². The Bertz CT molecular complexity index is 722. The predicted octanol–water partition coefficient (Wildman–Crippen LogP) is 1.91. The second-order valence-electron chi connectivity index (χ2n) is 7.34. The van der Waals surface area contributed by atoms with Gasteiger partial charge in [-0.3, -0.25) is 4.79 Å². The number of ether oxygens (including phenoxy) is 1. The van der Waals surface area contributed by atoms with Gasteiger partial charge in [0.1, 0.15) is 0 Å². The lowest BCUT2D eigenvalue weighted by atomic mass is 9.99. The van der Waals surface area contributed by atoms with Crippen molar-refractivity contribution in [3.63, 3.8) is 0 Å². The fourth-order valence-corrected chi connectivity index (χ4v) is 4.83. The highest BCUT2D eigenvalue weighted by Crippen LogP contribution is 2.24. The molecule has 0 aliphatic carbocycles. The molecule has 27 heavy (non-hydrogen) atoms. The van der Waals surface area contributed by atoms with Crippen molar-refractivity contribution >= 4 is 27.3 Å². The first-order chi connectivity index (χ1) is 12.9. The van der Waals surface area contributed by atoms with Crippen LogP contribution in [0.15, 0.2) is 24.3 Å². The average Bonchev–Trinajstić information content (AvgIpc) is 2.68. The van der Waals surface area contributed by atoms with Crippen molar-refractivity contribution in [2.75, 3.05) is 55.4 Å². The first-order valence-electron chi connectivity index (χ1n) is 9.64. The van der Waals surface area contributed by atoms with E-state index in [0.717, 1.165) is 24.7 Å². The molecule has 0 aromatic heterocycles. The topological polar surface area (TPSA) is 79.0 Å². The van der Waals surface area contributed by atoms with Crippen LogP contribution in [-0.2, 0) is 19.6 Å². The fraction of sp³-hybridized carbons (Fsp3) is 0.632. The van der Waals surface area contributed by atoms with Crippen molar-refractivity contribution in [1.29, 1.82) is 0 Å². The highest BCUT2D eigenvalue weighted by molar-refractivity contribution is 7.89. The molecule has 2 heterocycles. The Morgan fingerprint density at radius 3 is 2.37 bits per heavy atom. The van der Waals surface area contributed by atoms with E-state index < -0.39 is 10.0 Å². The van der Waals surface area contributed by atoms with E-state index >= 15 is 0 Å². The smallest absolute Gasteiger partial charge is 0.225 e. The molecule has 0 bridgehead atoms. The second kappa shape index (κ2) is 9.03. The van der Waals surface area contributed by atoms with Gasteiger partial charge in [-0.05, 0) is 43.0 Å². The third-order valence-corrected chi connectivity index (χ3v) is 7.12. The second-order valence-corrected chi connectivity index (χ2v) is 9.43. The number of hydrogen-bond donors (Lipinski definition) is 1. The van der Waals surface area contributed by atoms with Crippen LogP contribution in [0.25, 0.3) is 0 Å². The number of benzene rings is 1. The molecule has 1 amide bonds. The van der Waals surface area contributed by atoms with Gasteiger partial charge in [-0.25, -0.2) is 8.42 Å². The Hall–Kier alpha value is -1.64. The van der Waals surface area contributed by atoms with Gasteiger partial charge in [-0.2, -0.15) is 4.31 Å². The first kappa shape index (κ1) is 20.1. The van der Waals surface area contributed by atoms with Crippen molar-refractivity contribution in [1.82, 2.24) is 4.31 Å². The summed E-state index contributed by atoms with van der Waals surface area (Å²) in [7, 11) is -3.41. The van der Waals surface area contributed by atoms with Crippen molar-refractivity contribution in [3.05, 3.63) is 24.3 Å². The Morgan fingerprint density at radius 2 is 1.74 bits per heavy atom. The summed E-state index contributed by atoms with van der Waals surface area (Å²) >= 11 is 0. The molecule has 1 N–H and O–H groups in total. The molecule has 2 aliphatic rings. The normalized spacial score (nSPS) is 19.8. The molecule has 1 aromatic rings. The highest BCUT2D eigenvalue weighted by atomic mass is 32.2. The van der Waals surface area contributed by atoms with Crippen LogP contribution in [0.2, 0.25) is 0 Å². The molecule has 7 nitrogen and oxygen atoms in total. The molecular formula is C19H29N3O4S. The maximum absolute atomic E-state index is 12.3. The number of carbonyl (C=O) groups is 1. The van der Waals surface area contributed by atoms with E-state index in [-0.39, 0.29) is 18.1 Å². The molecule has 0 atom stereocenters. The summed E-state index contributed by atoms with van der Waals surface area (Å²) < 4.78 is 31.1. The summed E-state index contributed by atoms with van der Waals surface area (Å²) in [6, 6.07) is 7.77. The quantitative estimate of drug-likeness (QED) is 0.796. The van der Waals surface area contributed by atoms with Crippen LogP contribution >= 0.6 is 0 Å². The Morgan fingerprint density at radius 1 is 1.11 bits per heavy atom. The number of amides is 1. The van der Waals surface area contributed by atoms with Crippen LogP contribution in [0.1, 0.15) is 26.2 Å². The van der Waals surface area contributed by atoms with Crippen molar-refractivity contribution < 1.29 is 17.9 Å². The molecule has 1 aromatic carbocycles. The lowest BCUT2D eigenvalue weighted by Crippen LogP contribution is -2.42. The zero-order valence-electron chi connectivity index (χ0n) is 15.9. The predicted molar refractivity (Wildman–Crippen MR) is 106 cm³/mol. The number of sulfonamides is 1. The van der Waals surface area contributed by atoms with Crippen molar-refractivity contribution in [2.24, 2.45) is 5.92 Å². The van der Waals surface area contributed by atoms with Crippen molar-refractivity contribution in [2.45, 2.75) is 26.2 Å². The van der Waals surface area contributed by atoms with E-state index in [9.17, 15) is 13.2 Å². The maximum Gasteiger partial charge on any atom is 0.225 e. The zero-order valence-corrected chi connectivity index (χ0v) is 16.7. The van der Waals surface area contributed by atoms with Crippen LogP contribution in [0.4, 0.5) is 11.4 Å². The summed E-state index contributed by atoms with van der Waals surface area (Å²) in [5, 5.41) is 2.79. The third-order valence-electron chi connectivity index (χ3n) is 5.25. The van der Waals surface area contributed by atoms with E-state index in [4.69, 9.17) is 4.74 Å². The standard InChI is InChI=1S/C19H29N3O4S/c1-16-6-9-21(10-7-16)18-4-2-17(3-5-18)20-19(23)8-15-27(24,25)22-11-13-26-14-12-22/h2-5,16H,6-15H2,1H3,(H,20,23). The van der Waals surface area contributed by atoms with E-state index in [1.165, 1.54) is 17.1 Å². The van der Waals surface area contributed by atoms with E-state index in [2.05, 4.69) is 17.1 Å². The fourth-order valence-electron chi connectivity index (χ4n) is 3.42. The van der Waals surface area contributed by atoms with Crippen molar-refractivity contribution in [3.8, 4) is 0 Å². The maximum atomic E-state index is 12.3. The minimum atomic E-state index is -3.41. The summed E-state index contributed by atoms with van der Waals surface area (Å²) in [6.45, 7) is 5.95. The molecule has 3 rings (SSSR count). The van der Waals surface area contributed by atoms with Crippen LogP contribution in [-0.4, -0.2) is 63.8 Å². The van der Waals surface area contributed by atoms with Crippen LogP contribution in [0, 0.1) is 5.92 Å². The van der Waals surface area contributed by atoms with Gasteiger partial charge in [0.15, 0.2) is 0 Å². The molecule has 0 spiro atoms. The molecule has 2 saturated heterocycles. The van der Waals surface area contributed by atoms with E-state index in [1.54, 1.807) is 0 Å². The van der Waals surface area contributed by atoms with Crippen LogP contribution in [0.3, 0.4) is 0 Å². The lowest BCUT2D eigenvalue weighted by molar-refractivity contribution is -0.115. The molecule has 2 fully saturated rings. The molecule has 0 radical (unpaired) electrons. The number of hydrogen-bond acceptors (Lipinski definition) is 5. The summed E-state index contributed by atoms with van der Waals surface area (Å²) in [6.07, 6.45) is 2.36. The lowest BCUT2D eigenvalue weighted by Gasteiger charge is -2.32. The molecule has 0 unspecified atom stereocenters. The summed E-state index contributed by atoms with van der Waals surface area (Å²) in [4.78, 5) is 14.5. The Balaban J connectivity index is 1.47.